The van der Waals surface area contributed by atoms with E-state index in [9.17, 15) is 0 Å². The highest BCUT2D eigenvalue weighted by atomic mass is 35.5. The second-order valence-corrected chi connectivity index (χ2v) is 10.3. The van der Waals surface area contributed by atoms with E-state index in [2.05, 4.69) is 45.9 Å². The van der Waals surface area contributed by atoms with Gasteiger partial charge in [0.25, 0.3) is 0 Å². The fourth-order valence-corrected chi connectivity index (χ4v) is 5.91. The van der Waals surface area contributed by atoms with E-state index in [4.69, 9.17) is 32.7 Å². The maximum Gasteiger partial charge on any atom is 0.127 e. The van der Waals surface area contributed by atoms with Crippen LogP contribution >= 0.6 is 23.2 Å². The predicted octanol–water partition coefficient (Wildman–Crippen LogP) is 6.30. The summed E-state index contributed by atoms with van der Waals surface area (Å²) >= 11 is 13.0. The van der Waals surface area contributed by atoms with Crippen molar-refractivity contribution in [3.05, 3.63) is 29.8 Å². The van der Waals surface area contributed by atoms with Crippen molar-refractivity contribution < 1.29 is 9.47 Å². The standard InChI is InChI=1S/C21H28Cl2O2/c1-13-9-10-15-18(24-13)14-7-5-6-8-16(14)25-20(15,4)12-11-17-19(2,3)21(17,22)23/h5-8,13,15,17-18H,9-12H2,1-4H3. The Hall–Kier alpha value is -0.440. The van der Waals surface area contributed by atoms with Crippen LogP contribution in [0.25, 0.3) is 0 Å². The van der Waals surface area contributed by atoms with Crippen LogP contribution in [-0.2, 0) is 4.74 Å². The van der Waals surface area contributed by atoms with Gasteiger partial charge in [0.05, 0.1) is 12.2 Å². The number of halogens is 2. The molecule has 0 aromatic heterocycles. The van der Waals surface area contributed by atoms with Crippen LogP contribution in [-0.4, -0.2) is 16.0 Å². The number of alkyl halides is 2. The Morgan fingerprint density at radius 2 is 1.80 bits per heavy atom. The molecule has 4 heteroatoms. The molecule has 5 unspecified atom stereocenters. The van der Waals surface area contributed by atoms with Crippen molar-refractivity contribution in [2.24, 2.45) is 17.3 Å². The fourth-order valence-electron chi connectivity index (χ4n) is 5.00. The van der Waals surface area contributed by atoms with Crippen LogP contribution in [0.4, 0.5) is 0 Å². The average molecular weight is 383 g/mol. The summed E-state index contributed by atoms with van der Waals surface area (Å²) < 4.78 is 12.4. The van der Waals surface area contributed by atoms with Crippen molar-refractivity contribution >= 4 is 23.2 Å². The maximum atomic E-state index is 6.57. The molecule has 3 aliphatic rings. The third kappa shape index (κ3) is 2.71. The number of benzene rings is 1. The lowest BCUT2D eigenvalue weighted by atomic mass is 9.72. The lowest BCUT2D eigenvalue weighted by molar-refractivity contribution is -0.153. The molecule has 2 aliphatic heterocycles. The number of hydrogen-bond donors (Lipinski definition) is 0. The van der Waals surface area contributed by atoms with Crippen LogP contribution in [0.15, 0.2) is 24.3 Å². The molecular formula is C21H28Cl2O2. The number of hydrogen-bond acceptors (Lipinski definition) is 2. The molecule has 0 spiro atoms. The van der Waals surface area contributed by atoms with Gasteiger partial charge >= 0.3 is 0 Å². The number of ether oxygens (including phenoxy) is 2. The summed E-state index contributed by atoms with van der Waals surface area (Å²) in [7, 11) is 0. The number of rotatable bonds is 3. The Balaban J connectivity index is 1.59. The average Bonchev–Trinajstić information content (AvgIpc) is 2.94. The van der Waals surface area contributed by atoms with Crippen molar-refractivity contribution in [3.8, 4) is 5.75 Å². The van der Waals surface area contributed by atoms with Crippen molar-refractivity contribution in [2.75, 3.05) is 0 Å². The van der Waals surface area contributed by atoms with Crippen molar-refractivity contribution in [1.82, 2.24) is 0 Å². The van der Waals surface area contributed by atoms with Gasteiger partial charge in [0, 0.05) is 22.8 Å². The first-order valence-electron chi connectivity index (χ1n) is 9.48. The first kappa shape index (κ1) is 17.9. The molecule has 0 N–H and O–H groups in total. The summed E-state index contributed by atoms with van der Waals surface area (Å²) in [6.45, 7) is 8.74. The lowest BCUT2D eigenvalue weighted by Gasteiger charge is -2.50. The fraction of sp³-hybridized carbons (Fsp3) is 0.714. The van der Waals surface area contributed by atoms with Crippen LogP contribution in [0, 0.1) is 17.3 Å². The molecule has 1 saturated heterocycles. The van der Waals surface area contributed by atoms with Gasteiger partial charge in [-0.15, -0.1) is 23.2 Å². The van der Waals surface area contributed by atoms with Gasteiger partial charge in [-0.05, 0) is 45.6 Å². The molecule has 0 amide bonds. The number of para-hydroxylation sites is 1. The van der Waals surface area contributed by atoms with E-state index >= 15 is 0 Å². The normalized spacial score (nSPS) is 40.6. The van der Waals surface area contributed by atoms with Gasteiger partial charge in [0.1, 0.15) is 15.7 Å². The molecule has 1 saturated carbocycles. The van der Waals surface area contributed by atoms with E-state index < -0.39 is 4.33 Å². The Morgan fingerprint density at radius 3 is 2.48 bits per heavy atom. The summed E-state index contributed by atoms with van der Waals surface area (Å²) in [5.41, 5.74) is 0.949. The topological polar surface area (TPSA) is 18.5 Å². The first-order valence-corrected chi connectivity index (χ1v) is 10.2. The Kier molecular flexibility index (Phi) is 4.15. The zero-order valence-electron chi connectivity index (χ0n) is 15.5. The molecule has 1 aliphatic carbocycles. The van der Waals surface area contributed by atoms with Gasteiger partial charge in [-0.3, -0.25) is 0 Å². The summed E-state index contributed by atoms with van der Waals surface area (Å²) in [6.07, 6.45) is 4.59. The van der Waals surface area contributed by atoms with Gasteiger partial charge in [0.15, 0.2) is 0 Å². The quantitative estimate of drug-likeness (QED) is 0.570. The smallest absolute Gasteiger partial charge is 0.127 e. The molecule has 138 valence electrons. The highest BCUT2D eigenvalue weighted by molar-refractivity contribution is 6.51. The molecule has 2 fully saturated rings. The van der Waals surface area contributed by atoms with E-state index in [1.807, 2.05) is 6.07 Å². The molecule has 0 radical (unpaired) electrons. The first-order chi connectivity index (χ1) is 11.7. The van der Waals surface area contributed by atoms with Crippen LogP contribution in [0.5, 0.6) is 5.75 Å². The minimum atomic E-state index is -0.604. The Bertz CT molecular complexity index is 658. The minimum Gasteiger partial charge on any atom is -0.487 e. The molecule has 1 aromatic carbocycles. The van der Waals surface area contributed by atoms with Crippen LogP contribution in [0.1, 0.15) is 65.0 Å². The summed E-state index contributed by atoms with van der Waals surface area (Å²) in [5, 5.41) is 0. The largest absolute Gasteiger partial charge is 0.487 e. The second-order valence-electron chi connectivity index (χ2n) is 8.94. The Labute approximate surface area is 161 Å². The molecule has 1 aromatic rings. The molecule has 0 bridgehead atoms. The Morgan fingerprint density at radius 1 is 1.12 bits per heavy atom. The van der Waals surface area contributed by atoms with Gasteiger partial charge in [-0.25, -0.2) is 0 Å². The zero-order valence-corrected chi connectivity index (χ0v) is 17.0. The predicted molar refractivity (Wildman–Crippen MR) is 102 cm³/mol. The van der Waals surface area contributed by atoms with Crippen molar-refractivity contribution in [3.63, 3.8) is 0 Å². The summed E-state index contributed by atoms with van der Waals surface area (Å²) in [5.74, 6) is 1.67. The van der Waals surface area contributed by atoms with Crippen molar-refractivity contribution in [2.45, 2.75) is 75.5 Å². The molecule has 5 atom stereocenters. The van der Waals surface area contributed by atoms with Gasteiger partial charge in [-0.1, -0.05) is 32.0 Å². The molecule has 2 nitrogen and oxygen atoms in total. The third-order valence-electron chi connectivity index (χ3n) is 7.00. The van der Waals surface area contributed by atoms with E-state index in [0.29, 0.717) is 17.9 Å². The monoisotopic (exact) mass is 382 g/mol. The van der Waals surface area contributed by atoms with Crippen LogP contribution < -0.4 is 4.74 Å². The molecule has 2 heterocycles. The maximum absolute atomic E-state index is 6.57. The lowest BCUT2D eigenvalue weighted by Crippen LogP contribution is -2.50. The zero-order chi connectivity index (χ0) is 18.0. The van der Waals surface area contributed by atoms with Gasteiger partial charge in [-0.2, -0.15) is 0 Å². The summed E-state index contributed by atoms with van der Waals surface area (Å²) in [6, 6.07) is 8.34. The van der Waals surface area contributed by atoms with Crippen molar-refractivity contribution in [1.29, 1.82) is 0 Å². The molecule has 4 rings (SSSR count). The van der Waals surface area contributed by atoms with E-state index in [-0.39, 0.29) is 17.1 Å². The van der Waals surface area contributed by atoms with Gasteiger partial charge in [0.2, 0.25) is 0 Å². The SMILES string of the molecule is CC1CCC2C(O1)c1ccccc1OC2(C)CCC1C(C)(C)C1(Cl)Cl. The van der Waals surface area contributed by atoms with E-state index in [1.54, 1.807) is 0 Å². The number of fused-ring (bicyclic) bond motifs is 3. The molecule has 25 heavy (non-hydrogen) atoms. The van der Waals surface area contributed by atoms with E-state index in [1.165, 1.54) is 5.56 Å². The van der Waals surface area contributed by atoms with Crippen LogP contribution in [0.3, 0.4) is 0 Å². The molecular weight excluding hydrogens is 355 g/mol. The highest BCUT2D eigenvalue weighted by Gasteiger charge is 2.69. The minimum absolute atomic E-state index is 0.0178. The van der Waals surface area contributed by atoms with Gasteiger partial charge < -0.3 is 9.47 Å². The van der Waals surface area contributed by atoms with E-state index in [0.717, 1.165) is 31.4 Å². The third-order valence-corrected chi connectivity index (χ3v) is 8.50. The second kappa shape index (κ2) is 5.78. The summed E-state index contributed by atoms with van der Waals surface area (Å²) in [4.78, 5) is 0. The van der Waals surface area contributed by atoms with Crippen LogP contribution in [0.2, 0.25) is 0 Å². The highest BCUT2D eigenvalue weighted by Crippen LogP contribution is 2.70.